The van der Waals surface area contributed by atoms with Crippen LogP contribution in [0.3, 0.4) is 0 Å². The topological polar surface area (TPSA) is 78.4 Å². The molecule has 2 N–H and O–H groups in total. The average molecular weight is 358 g/mol. The van der Waals surface area contributed by atoms with E-state index >= 15 is 0 Å². The highest BCUT2D eigenvalue weighted by Crippen LogP contribution is 2.34. The molecule has 1 aliphatic rings. The van der Waals surface area contributed by atoms with E-state index in [4.69, 9.17) is 0 Å². The first-order chi connectivity index (χ1) is 12.6. The van der Waals surface area contributed by atoms with E-state index in [-0.39, 0.29) is 11.7 Å². The van der Waals surface area contributed by atoms with E-state index in [2.05, 4.69) is 27.1 Å². The number of nitrogens with one attached hydrogen (secondary N) is 1. The summed E-state index contributed by atoms with van der Waals surface area (Å²) in [5.74, 6) is -1.37. The lowest BCUT2D eigenvalue weighted by molar-refractivity contribution is -0.141. The summed E-state index contributed by atoms with van der Waals surface area (Å²) in [6.07, 6.45) is 4.52. The van der Waals surface area contributed by atoms with Crippen molar-refractivity contribution in [3.63, 3.8) is 0 Å². The highest BCUT2D eigenvalue weighted by atomic mass is 19.1. The normalized spacial score (nSPS) is 20.2. The van der Waals surface area contributed by atoms with Crippen LogP contribution in [0.5, 0.6) is 0 Å². The summed E-state index contributed by atoms with van der Waals surface area (Å²) >= 11 is 0. The molecular weight excluding hydrogens is 335 g/mol. The third kappa shape index (κ3) is 4.35. The van der Waals surface area contributed by atoms with Crippen LogP contribution in [-0.4, -0.2) is 45.6 Å². The Bertz CT molecular complexity index is 753. The van der Waals surface area contributed by atoms with Crippen LogP contribution >= 0.6 is 0 Å². The molecule has 2 atom stereocenters. The molecule has 2 heterocycles. The Balaban J connectivity index is 1.69. The standard InChI is InChI=1S/C19H23FN4O2/c1-2-6-21-19-22-8-13(9-23-19)10-24-11-16(17(12-24)18(25)26)14-4-3-5-15(20)7-14/h3-5,7-9,16-17H,2,6,10-12H2,1H3,(H,25,26)(H,21,22,23)/t16-,17+/m1/s1. The van der Waals surface area contributed by atoms with Gasteiger partial charge in [0.05, 0.1) is 5.92 Å². The summed E-state index contributed by atoms with van der Waals surface area (Å²) < 4.78 is 13.5. The highest BCUT2D eigenvalue weighted by Gasteiger charge is 2.38. The summed E-state index contributed by atoms with van der Waals surface area (Å²) in [6, 6.07) is 6.23. The first kappa shape index (κ1) is 18.3. The van der Waals surface area contributed by atoms with Gasteiger partial charge in [-0.1, -0.05) is 19.1 Å². The predicted molar refractivity (Wildman–Crippen MR) is 96.4 cm³/mol. The number of likely N-dealkylation sites (tertiary alicyclic amines) is 1. The van der Waals surface area contributed by atoms with Gasteiger partial charge in [0, 0.05) is 50.1 Å². The Labute approximate surface area is 152 Å². The molecule has 1 fully saturated rings. The van der Waals surface area contributed by atoms with Crippen molar-refractivity contribution in [3.05, 3.63) is 53.6 Å². The van der Waals surface area contributed by atoms with Crippen LogP contribution in [0.1, 0.15) is 30.4 Å². The molecule has 1 aromatic carbocycles. The van der Waals surface area contributed by atoms with Gasteiger partial charge in [-0.2, -0.15) is 0 Å². The molecular formula is C19H23FN4O2. The number of carboxylic acid groups (broad SMARTS) is 1. The third-order valence-electron chi connectivity index (χ3n) is 4.63. The van der Waals surface area contributed by atoms with Crippen molar-refractivity contribution in [1.82, 2.24) is 14.9 Å². The van der Waals surface area contributed by atoms with Crippen LogP contribution < -0.4 is 5.32 Å². The summed E-state index contributed by atoms with van der Waals surface area (Å²) in [4.78, 5) is 22.3. The van der Waals surface area contributed by atoms with Gasteiger partial charge in [0.1, 0.15) is 5.82 Å². The molecule has 0 saturated carbocycles. The van der Waals surface area contributed by atoms with Crippen LogP contribution in [0.2, 0.25) is 0 Å². The van der Waals surface area contributed by atoms with Gasteiger partial charge in [-0.3, -0.25) is 9.69 Å². The third-order valence-corrected chi connectivity index (χ3v) is 4.63. The fourth-order valence-electron chi connectivity index (χ4n) is 3.36. The van der Waals surface area contributed by atoms with E-state index in [9.17, 15) is 14.3 Å². The maximum Gasteiger partial charge on any atom is 0.308 e. The van der Waals surface area contributed by atoms with Gasteiger partial charge in [-0.15, -0.1) is 0 Å². The van der Waals surface area contributed by atoms with Crippen LogP contribution in [0.25, 0.3) is 0 Å². The fourth-order valence-corrected chi connectivity index (χ4v) is 3.36. The number of aliphatic carboxylic acids is 1. The quantitative estimate of drug-likeness (QED) is 0.792. The Morgan fingerprint density at radius 3 is 2.77 bits per heavy atom. The number of halogens is 1. The molecule has 0 bridgehead atoms. The lowest BCUT2D eigenvalue weighted by Gasteiger charge is -2.16. The Hall–Kier alpha value is -2.54. The van der Waals surface area contributed by atoms with Crippen molar-refractivity contribution >= 4 is 11.9 Å². The molecule has 0 amide bonds. The van der Waals surface area contributed by atoms with Gasteiger partial charge in [0.15, 0.2) is 0 Å². The number of aromatic nitrogens is 2. The maximum atomic E-state index is 13.5. The second kappa shape index (κ2) is 8.23. The number of hydrogen-bond acceptors (Lipinski definition) is 5. The van der Waals surface area contributed by atoms with E-state index in [0.29, 0.717) is 25.6 Å². The maximum absolute atomic E-state index is 13.5. The summed E-state index contributed by atoms with van der Waals surface area (Å²) in [5, 5.41) is 12.7. The van der Waals surface area contributed by atoms with Crippen LogP contribution in [0.15, 0.2) is 36.7 Å². The first-order valence-corrected chi connectivity index (χ1v) is 8.82. The molecule has 1 aromatic heterocycles. The monoisotopic (exact) mass is 358 g/mol. The molecule has 2 aromatic rings. The minimum atomic E-state index is -0.850. The van der Waals surface area contributed by atoms with E-state index in [1.54, 1.807) is 24.5 Å². The highest BCUT2D eigenvalue weighted by molar-refractivity contribution is 5.72. The minimum absolute atomic E-state index is 0.227. The van der Waals surface area contributed by atoms with Crippen molar-refractivity contribution in [2.45, 2.75) is 25.8 Å². The predicted octanol–water partition coefficient (Wildman–Crippen LogP) is 2.74. The molecule has 1 aliphatic heterocycles. The van der Waals surface area contributed by atoms with E-state index in [1.165, 1.54) is 12.1 Å². The van der Waals surface area contributed by atoms with E-state index in [0.717, 1.165) is 24.1 Å². The Morgan fingerprint density at radius 1 is 1.35 bits per heavy atom. The molecule has 3 rings (SSSR count). The molecule has 26 heavy (non-hydrogen) atoms. The molecule has 6 nitrogen and oxygen atoms in total. The van der Waals surface area contributed by atoms with Crippen molar-refractivity contribution < 1.29 is 14.3 Å². The zero-order valence-corrected chi connectivity index (χ0v) is 14.7. The molecule has 7 heteroatoms. The molecule has 0 aliphatic carbocycles. The number of rotatable bonds is 7. The summed E-state index contributed by atoms with van der Waals surface area (Å²) in [5.41, 5.74) is 1.66. The summed E-state index contributed by atoms with van der Waals surface area (Å²) in [7, 11) is 0. The largest absolute Gasteiger partial charge is 0.481 e. The van der Waals surface area contributed by atoms with Crippen LogP contribution in [-0.2, 0) is 11.3 Å². The van der Waals surface area contributed by atoms with Crippen LogP contribution in [0.4, 0.5) is 10.3 Å². The van der Waals surface area contributed by atoms with Gasteiger partial charge in [-0.25, -0.2) is 14.4 Å². The molecule has 0 radical (unpaired) electrons. The molecule has 0 spiro atoms. The fraction of sp³-hybridized carbons (Fsp3) is 0.421. The number of hydrogen-bond donors (Lipinski definition) is 2. The zero-order valence-electron chi connectivity index (χ0n) is 14.7. The first-order valence-electron chi connectivity index (χ1n) is 8.82. The van der Waals surface area contributed by atoms with Crippen molar-refractivity contribution in [3.8, 4) is 0 Å². The van der Waals surface area contributed by atoms with Crippen molar-refractivity contribution in [2.24, 2.45) is 5.92 Å². The number of carbonyl (C=O) groups is 1. The van der Waals surface area contributed by atoms with Gasteiger partial charge in [0.25, 0.3) is 0 Å². The number of benzene rings is 1. The SMILES string of the molecule is CCCNc1ncc(CN2C[C@H](C(=O)O)[C@@H](c3cccc(F)c3)C2)cn1. The van der Waals surface area contributed by atoms with Gasteiger partial charge in [-0.05, 0) is 24.1 Å². The molecule has 1 saturated heterocycles. The minimum Gasteiger partial charge on any atom is -0.481 e. The molecule has 138 valence electrons. The smallest absolute Gasteiger partial charge is 0.308 e. The average Bonchev–Trinajstić information content (AvgIpc) is 3.05. The zero-order chi connectivity index (χ0) is 18.5. The second-order valence-corrected chi connectivity index (χ2v) is 6.64. The lowest BCUT2D eigenvalue weighted by Crippen LogP contribution is -2.23. The van der Waals surface area contributed by atoms with Crippen LogP contribution in [0, 0.1) is 11.7 Å². The van der Waals surface area contributed by atoms with Crippen molar-refractivity contribution in [2.75, 3.05) is 25.0 Å². The van der Waals surface area contributed by atoms with E-state index < -0.39 is 11.9 Å². The van der Waals surface area contributed by atoms with E-state index in [1.807, 2.05) is 0 Å². The summed E-state index contributed by atoms with van der Waals surface area (Å²) in [6.45, 7) is 4.45. The van der Waals surface area contributed by atoms with Gasteiger partial charge >= 0.3 is 5.97 Å². The van der Waals surface area contributed by atoms with Gasteiger partial charge < -0.3 is 10.4 Å². The molecule has 0 unspecified atom stereocenters. The number of nitrogens with zero attached hydrogens (tertiary/aromatic N) is 3. The van der Waals surface area contributed by atoms with Crippen molar-refractivity contribution in [1.29, 1.82) is 0 Å². The number of anilines is 1. The second-order valence-electron chi connectivity index (χ2n) is 6.64. The Morgan fingerprint density at radius 2 is 2.12 bits per heavy atom. The van der Waals surface area contributed by atoms with Gasteiger partial charge in [0.2, 0.25) is 5.95 Å². The number of carboxylic acids is 1. The lowest BCUT2D eigenvalue weighted by atomic mass is 9.89. The Kier molecular flexibility index (Phi) is 5.78.